The number of nitrogens with zero attached hydrogens (tertiary/aromatic N) is 3. The topological polar surface area (TPSA) is 102 Å². The number of carbonyl (C=O) groups is 3. The molecule has 11 heteroatoms. The molecular formula is C32H35BrClN3O6. The molecule has 2 heterocycles. The Morgan fingerprint density at radius 2 is 1.77 bits per heavy atom. The van der Waals surface area contributed by atoms with Crippen molar-refractivity contribution in [3.05, 3.63) is 74.7 Å². The van der Waals surface area contributed by atoms with Crippen LogP contribution in [0.2, 0.25) is 5.15 Å². The highest BCUT2D eigenvalue weighted by atomic mass is 79.9. The third kappa shape index (κ3) is 6.80. The summed E-state index contributed by atoms with van der Waals surface area (Å²) in [7, 11) is 1.31. The fourth-order valence-electron chi connectivity index (χ4n) is 4.85. The predicted molar refractivity (Wildman–Crippen MR) is 169 cm³/mol. The first kappa shape index (κ1) is 32.3. The summed E-state index contributed by atoms with van der Waals surface area (Å²) >= 11 is 10.2. The monoisotopic (exact) mass is 671 g/mol. The Kier molecular flexibility index (Phi) is 10.0. The first-order valence-corrected chi connectivity index (χ1v) is 15.2. The summed E-state index contributed by atoms with van der Waals surface area (Å²) in [4.78, 5) is 43.7. The lowest BCUT2D eigenvalue weighted by atomic mass is 10.0. The van der Waals surface area contributed by atoms with Gasteiger partial charge in [-0.05, 0) is 73.8 Å². The van der Waals surface area contributed by atoms with Crippen LogP contribution in [0.4, 0.5) is 4.79 Å². The van der Waals surface area contributed by atoms with E-state index in [2.05, 4.69) is 27.8 Å². The molecule has 0 fully saturated rings. The van der Waals surface area contributed by atoms with E-state index in [0.717, 1.165) is 18.4 Å². The average Bonchev–Trinajstić information content (AvgIpc) is 3.43. The summed E-state index contributed by atoms with van der Waals surface area (Å²) in [6.07, 6.45) is 1.87. The minimum Gasteiger partial charge on any atom is -0.465 e. The van der Waals surface area contributed by atoms with Gasteiger partial charge in [0.25, 0.3) is 0 Å². The van der Waals surface area contributed by atoms with Crippen LogP contribution >= 0.6 is 27.5 Å². The largest absolute Gasteiger partial charge is 0.465 e. The number of benzene rings is 2. The van der Waals surface area contributed by atoms with Gasteiger partial charge in [0.1, 0.15) is 11.4 Å². The maximum atomic E-state index is 13.7. The summed E-state index contributed by atoms with van der Waals surface area (Å²) in [6.45, 7) is 9.69. The number of hydrogen-bond acceptors (Lipinski definition) is 7. The van der Waals surface area contributed by atoms with E-state index in [1.54, 1.807) is 56.5 Å². The zero-order valence-electron chi connectivity index (χ0n) is 25.1. The number of fused-ring (bicyclic) bond motifs is 1. The van der Waals surface area contributed by atoms with Crippen LogP contribution in [0.3, 0.4) is 0 Å². The third-order valence-electron chi connectivity index (χ3n) is 6.70. The van der Waals surface area contributed by atoms with Crippen molar-refractivity contribution in [3.8, 4) is 11.3 Å². The van der Waals surface area contributed by atoms with Gasteiger partial charge in [0.05, 0.1) is 35.0 Å². The number of hydrogen-bond donors (Lipinski definition) is 0. The summed E-state index contributed by atoms with van der Waals surface area (Å²) in [6, 6.07) is 12.5. The van der Waals surface area contributed by atoms with E-state index in [-0.39, 0.29) is 17.5 Å². The number of rotatable bonds is 9. The number of methoxy groups -OCH3 is 1. The highest BCUT2D eigenvalue weighted by Crippen LogP contribution is 2.40. The molecule has 0 saturated carbocycles. The molecule has 4 rings (SSSR count). The molecule has 4 aromatic rings. The summed E-state index contributed by atoms with van der Waals surface area (Å²) < 4.78 is 19.9. The van der Waals surface area contributed by atoms with Gasteiger partial charge in [0.2, 0.25) is 0 Å². The van der Waals surface area contributed by atoms with Gasteiger partial charge in [-0.2, -0.15) is 0 Å². The van der Waals surface area contributed by atoms with Crippen molar-refractivity contribution in [1.29, 1.82) is 0 Å². The Labute approximate surface area is 264 Å². The summed E-state index contributed by atoms with van der Waals surface area (Å²) in [5, 5.41) is 0.807. The Morgan fingerprint density at radius 3 is 2.42 bits per heavy atom. The van der Waals surface area contributed by atoms with Gasteiger partial charge >= 0.3 is 18.0 Å². The van der Waals surface area contributed by atoms with Crippen molar-refractivity contribution in [2.45, 2.75) is 66.0 Å². The second-order valence-electron chi connectivity index (χ2n) is 10.9. The molecule has 2 aromatic heterocycles. The van der Waals surface area contributed by atoms with Crippen molar-refractivity contribution in [2.75, 3.05) is 13.7 Å². The normalized spacial score (nSPS) is 11.5. The SMILES string of the molecule is CCCCc1nc(Cl)c(C(=O)OCC)n1Cc1ccc2c(c1)c(Br)c(-c1ccccc1C(=O)OC)n2C(=O)OC(C)(C)C. The number of aromatic nitrogens is 3. The van der Waals surface area contributed by atoms with Crippen molar-refractivity contribution in [3.63, 3.8) is 0 Å². The van der Waals surface area contributed by atoms with Gasteiger partial charge in [0, 0.05) is 23.9 Å². The van der Waals surface area contributed by atoms with E-state index in [9.17, 15) is 14.4 Å². The van der Waals surface area contributed by atoms with Gasteiger partial charge in [-0.3, -0.25) is 0 Å². The summed E-state index contributed by atoms with van der Waals surface area (Å²) in [5.74, 6) is -0.386. The van der Waals surface area contributed by atoms with Gasteiger partial charge in [-0.15, -0.1) is 0 Å². The maximum absolute atomic E-state index is 13.7. The highest BCUT2D eigenvalue weighted by Gasteiger charge is 2.29. The zero-order valence-corrected chi connectivity index (χ0v) is 27.5. The molecule has 0 N–H and O–H groups in total. The Hall–Kier alpha value is -3.63. The molecule has 9 nitrogen and oxygen atoms in total. The highest BCUT2D eigenvalue weighted by molar-refractivity contribution is 9.10. The van der Waals surface area contributed by atoms with Gasteiger partial charge in [0.15, 0.2) is 10.8 Å². The zero-order chi connectivity index (χ0) is 31.5. The fourth-order valence-corrected chi connectivity index (χ4v) is 5.84. The van der Waals surface area contributed by atoms with Gasteiger partial charge in [-0.1, -0.05) is 49.2 Å². The predicted octanol–water partition coefficient (Wildman–Crippen LogP) is 8.06. The van der Waals surface area contributed by atoms with Crippen molar-refractivity contribution in [1.82, 2.24) is 14.1 Å². The van der Waals surface area contributed by atoms with E-state index in [1.807, 2.05) is 18.2 Å². The number of carbonyl (C=O) groups excluding carboxylic acids is 3. The molecule has 0 saturated heterocycles. The number of halogens is 2. The molecular weight excluding hydrogens is 638 g/mol. The van der Waals surface area contributed by atoms with Crippen LogP contribution in [-0.2, 0) is 27.2 Å². The van der Waals surface area contributed by atoms with Crippen molar-refractivity contribution >= 4 is 56.5 Å². The molecule has 0 aliphatic rings. The first-order chi connectivity index (χ1) is 20.4. The molecule has 0 bridgehead atoms. The number of ether oxygens (including phenoxy) is 3. The number of aryl methyl sites for hydroxylation is 1. The minimum atomic E-state index is -0.766. The van der Waals surface area contributed by atoms with Crippen LogP contribution in [0.5, 0.6) is 0 Å². The fraction of sp³-hybridized carbons (Fsp3) is 0.375. The molecule has 0 atom stereocenters. The average molecular weight is 673 g/mol. The Bertz CT molecular complexity index is 1680. The smallest absolute Gasteiger partial charge is 0.419 e. The molecule has 43 heavy (non-hydrogen) atoms. The number of imidazole rings is 1. The second-order valence-corrected chi connectivity index (χ2v) is 12.1. The van der Waals surface area contributed by atoms with E-state index in [4.69, 9.17) is 25.8 Å². The lowest BCUT2D eigenvalue weighted by molar-refractivity contribution is 0.0510. The Morgan fingerprint density at radius 1 is 1.05 bits per heavy atom. The van der Waals surface area contributed by atoms with Crippen LogP contribution in [-0.4, -0.2) is 51.5 Å². The second kappa shape index (κ2) is 13.3. The van der Waals surface area contributed by atoms with E-state index < -0.39 is 23.6 Å². The van der Waals surface area contributed by atoms with E-state index >= 15 is 0 Å². The number of unbranched alkanes of at least 4 members (excludes halogenated alkanes) is 1. The maximum Gasteiger partial charge on any atom is 0.419 e. The standard InChI is InChI=1S/C32H35BrClN3O6/c1-7-9-14-24-35-28(34)27(30(39)42-8-2)36(24)18-19-15-16-23-22(17-19)25(33)26(37(23)31(40)43-32(3,4)5)20-12-10-11-13-21(20)29(38)41-6/h10-13,15-17H,7-9,14,18H2,1-6H3. The molecule has 228 valence electrons. The molecule has 2 aromatic carbocycles. The van der Waals surface area contributed by atoms with E-state index in [1.165, 1.54) is 11.7 Å². The quantitative estimate of drug-likeness (QED) is 0.131. The van der Waals surface area contributed by atoms with Crippen LogP contribution in [0.25, 0.3) is 22.2 Å². The molecule has 0 amide bonds. The van der Waals surface area contributed by atoms with Gasteiger partial charge in [-0.25, -0.2) is 23.9 Å². The summed E-state index contributed by atoms with van der Waals surface area (Å²) in [5.41, 5.74) is 2.08. The first-order valence-electron chi connectivity index (χ1n) is 14.1. The molecule has 0 unspecified atom stereocenters. The van der Waals surface area contributed by atoms with Crippen LogP contribution in [0.15, 0.2) is 46.9 Å². The van der Waals surface area contributed by atoms with Gasteiger partial charge < -0.3 is 18.8 Å². The molecule has 0 aliphatic carbocycles. The van der Waals surface area contributed by atoms with Crippen molar-refractivity contribution < 1.29 is 28.6 Å². The van der Waals surface area contributed by atoms with Crippen LogP contribution < -0.4 is 0 Å². The molecule has 0 radical (unpaired) electrons. The van der Waals surface area contributed by atoms with E-state index in [0.29, 0.717) is 51.0 Å². The minimum absolute atomic E-state index is 0.101. The molecule has 0 aliphatic heterocycles. The van der Waals surface area contributed by atoms with Crippen molar-refractivity contribution in [2.24, 2.45) is 0 Å². The number of esters is 2. The Balaban J connectivity index is 1.92. The van der Waals surface area contributed by atoms with Crippen LogP contribution in [0, 0.1) is 0 Å². The van der Waals surface area contributed by atoms with Crippen LogP contribution in [0.1, 0.15) is 79.7 Å². The molecule has 0 spiro atoms. The lowest BCUT2D eigenvalue weighted by Crippen LogP contribution is -2.27. The third-order valence-corrected chi connectivity index (χ3v) is 7.77. The lowest BCUT2D eigenvalue weighted by Gasteiger charge is -2.21.